The lowest BCUT2D eigenvalue weighted by Gasteiger charge is -2.08. The average Bonchev–Trinajstić information content (AvgIpc) is 3.47. The van der Waals surface area contributed by atoms with Gasteiger partial charge < -0.3 is 5.11 Å². The molecule has 28 heavy (non-hydrogen) atoms. The van der Waals surface area contributed by atoms with Crippen molar-refractivity contribution >= 4 is 11.9 Å². The van der Waals surface area contributed by atoms with Crippen LogP contribution in [-0.2, 0) is 6.54 Å². The molecule has 0 unspecified atom stereocenters. The number of nitrogens with zero attached hydrogens (tertiary/aromatic N) is 3. The molecule has 3 aromatic rings. The third kappa shape index (κ3) is 3.91. The van der Waals surface area contributed by atoms with E-state index in [1.165, 1.54) is 23.3 Å². The minimum atomic E-state index is -0.000513. The lowest BCUT2D eigenvalue weighted by molar-refractivity contribution is 0.474. The van der Waals surface area contributed by atoms with Crippen molar-refractivity contribution < 1.29 is 5.11 Å². The summed E-state index contributed by atoms with van der Waals surface area (Å²) >= 11 is 1.70. The van der Waals surface area contributed by atoms with Crippen molar-refractivity contribution in [3.8, 4) is 22.9 Å². The van der Waals surface area contributed by atoms with Crippen LogP contribution < -0.4 is 4.72 Å². The van der Waals surface area contributed by atoms with E-state index in [0.717, 1.165) is 22.5 Å². The normalized spacial score (nSPS) is 13.5. The van der Waals surface area contributed by atoms with Gasteiger partial charge in [0.15, 0.2) is 0 Å². The van der Waals surface area contributed by atoms with E-state index in [4.69, 9.17) is 10.4 Å². The van der Waals surface area contributed by atoms with E-state index in [1.54, 1.807) is 24.1 Å². The molecule has 2 N–H and O–H groups in total. The Bertz CT molecular complexity index is 1050. The van der Waals surface area contributed by atoms with Crippen molar-refractivity contribution in [3.63, 3.8) is 0 Å². The molecule has 6 heteroatoms. The van der Waals surface area contributed by atoms with Crippen LogP contribution in [0.15, 0.2) is 47.4 Å². The first kappa shape index (κ1) is 18.6. The Morgan fingerprint density at radius 3 is 2.61 bits per heavy atom. The molecular weight excluding hydrogens is 368 g/mol. The minimum Gasteiger partial charge on any atom is -0.507 e. The standard InChI is InChI=1S/C22H22N4OS/c1-14-22(17-5-6-18(12-23)21(27)11-17)15(2)26(24-14)13-16-3-9-20(10-4-16)28-25-19-7-8-19/h3-6,9-11,19,25,27H,7-8,13H2,1-2H3. The smallest absolute Gasteiger partial charge is 0.133 e. The quantitative estimate of drug-likeness (QED) is 0.604. The van der Waals surface area contributed by atoms with Gasteiger partial charge in [-0.15, -0.1) is 0 Å². The molecule has 1 aromatic heterocycles. The van der Waals surface area contributed by atoms with Crippen LogP contribution in [0.2, 0.25) is 0 Å². The van der Waals surface area contributed by atoms with Gasteiger partial charge in [-0.25, -0.2) is 0 Å². The maximum Gasteiger partial charge on any atom is 0.133 e. The van der Waals surface area contributed by atoms with Crippen molar-refractivity contribution in [3.05, 3.63) is 65.0 Å². The second kappa shape index (κ2) is 7.70. The van der Waals surface area contributed by atoms with Crippen LogP contribution in [0.25, 0.3) is 11.1 Å². The second-order valence-electron chi connectivity index (χ2n) is 7.19. The predicted octanol–water partition coefficient (Wildman–Crippen LogP) is 4.55. The Morgan fingerprint density at radius 1 is 1.21 bits per heavy atom. The predicted molar refractivity (Wildman–Crippen MR) is 111 cm³/mol. The van der Waals surface area contributed by atoms with Crippen LogP contribution in [-0.4, -0.2) is 20.9 Å². The first-order chi connectivity index (χ1) is 13.5. The molecule has 5 nitrogen and oxygen atoms in total. The number of benzene rings is 2. The Balaban J connectivity index is 1.53. The van der Waals surface area contributed by atoms with Crippen molar-refractivity contribution in [2.45, 2.75) is 44.2 Å². The van der Waals surface area contributed by atoms with E-state index in [-0.39, 0.29) is 11.3 Å². The number of hydrogen-bond donors (Lipinski definition) is 2. The number of aromatic hydroxyl groups is 1. The van der Waals surface area contributed by atoms with Crippen LogP contribution in [0.3, 0.4) is 0 Å². The summed E-state index contributed by atoms with van der Waals surface area (Å²) in [5, 5.41) is 23.7. The molecule has 0 amide bonds. The van der Waals surface area contributed by atoms with Gasteiger partial charge in [0.2, 0.25) is 0 Å². The van der Waals surface area contributed by atoms with E-state index < -0.39 is 0 Å². The largest absolute Gasteiger partial charge is 0.507 e. The highest BCUT2D eigenvalue weighted by Gasteiger charge is 2.20. The van der Waals surface area contributed by atoms with E-state index in [2.05, 4.69) is 29.0 Å². The van der Waals surface area contributed by atoms with Gasteiger partial charge in [0.1, 0.15) is 11.8 Å². The first-order valence-electron chi connectivity index (χ1n) is 9.34. The first-order valence-corrected chi connectivity index (χ1v) is 10.2. The summed E-state index contributed by atoms with van der Waals surface area (Å²) in [6.07, 6.45) is 2.56. The van der Waals surface area contributed by atoms with Crippen molar-refractivity contribution in [1.82, 2.24) is 14.5 Å². The highest BCUT2D eigenvalue weighted by molar-refractivity contribution is 7.97. The number of nitrogens with one attached hydrogen (secondary N) is 1. The molecule has 0 atom stereocenters. The van der Waals surface area contributed by atoms with Crippen LogP contribution in [0, 0.1) is 25.2 Å². The Kier molecular flexibility index (Phi) is 5.12. The molecule has 0 bridgehead atoms. The van der Waals surface area contributed by atoms with Gasteiger partial charge in [0, 0.05) is 22.2 Å². The lowest BCUT2D eigenvalue weighted by atomic mass is 10.0. The van der Waals surface area contributed by atoms with E-state index in [0.29, 0.717) is 12.6 Å². The monoisotopic (exact) mass is 390 g/mol. The minimum absolute atomic E-state index is 0.000513. The summed E-state index contributed by atoms with van der Waals surface area (Å²) in [7, 11) is 0. The van der Waals surface area contributed by atoms with E-state index in [9.17, 15) is 5.11 Å². The maximum absolute atomic E-state index is 10.0. The number of aryl methyl sites for hydroxylation is 1. The summed E-state index contributed by atoms with van der Waals surface area (Å²) in [4.78, 5) is 1.22. The fourth-order valence-corrected chi connectivity index (χ4v) is 4.05. The van der Waals surface area contributed by atoms with Gasteiger partial charge in [-0.3, -0.25) is 9.40 Å². The second-order valence-corrected chi connectivity index (χ2v) is 8.10. The molecule has 2 aromatic carbocycles. The maximum atomic E-state index is 10.0. The SMILES string of the molecule is Cc1nn(Cc2ccc(SNC3CC3)cc2)c(C)c1-c1ccc(C#N)c(O)c1. The topological polar surface area (TPSA) is 73.9 Å². The van der Waals surface area contributed by atoms with Crippen LogP contribution in [0.4, 0.5) is 0 Å². The molecule has 0 radical (unpaired) electrons. The fraction of sp³-hybridized carbons (Fsp3) is 0.273. The number of phenolic OH excluding ortho intramolecular Hbond substituents is 1. The molecule has 0 aliphatic heterocycles. The van der Waals surface area contributed by atoms with Crippen LogP contribution >= 0.6 is 11.9 Å². The zero-order valence-electron chi connectivity index (χ0n) is 15.9. The number of aromatic nitrogens is 2. The molecule has 142 valence electrons. The molecule has 0 spiro atoms. The van der Waals surface area contributed by atoms with Crippen molar-refractivity contribution in [1.29, 1.82) is 5.26 Å². The summed E-state index contributed by atoms with van der Waals surface area (Å²) < 4.78 is 5.44. The summed E-state index contributed by atoms with van der Waals surface area (Å²) in [6.45, 7) is 4.70. The Hall–Kier alpha value is -2.75. The summed E-state index contributed by atoms with van der Waals surface area (Å²) in [5.41, 5.74) is 5.28. The van der Waals surface area contributed by atoms with E-state index >= 15 is 0 Å². The summed E-state index contributed by atoms with van der Waals surface area (Å²) in [5.74, 6) is -0.000513. The molecule has 1 saturated carbocycles. The van der Waals surface area contributed by atoms with Crippen LogP contribution in [0.5, 0.6) is 5.75 Å². The highest BCUT2D eigenvalue weighted by atomic mass is 32.2. The van der Waals surface area contributed by atoms with E-state index in [1.807, 2.05) is 30.7 Å². The molecular formula is C22H22N4OS. The number of rotatable bonds is 6. The van der Waals surface area contributed by atoms with Gasteiger partial charge in [0.05, 0.1) is 17.8 Å². The molecule has 0 saturated heterocycles. The highest BCUT2D eigenvalue weighted by Crippen LogP contribution is 2.31. The van der Waals surface area contributed by atoms with Gasteiger partial charge in [-0.2, -0.15) is 10.4 Å². The molecule has 1 heterocycles. The van der Waals surface area contributed by atoms with Crippen molar-refractivity contribution in [2.24, 2.45) is 0 Å². The molecule has 4 rings (SSSR count). The zero-order chi connectivity index (χ0) is 19.7. The van der Waals surface area contributed by atoms with Crippen molar-refractivity contribution in [2.75, 3.05) is 0 Å². The molecule has 1 fully saturated rings. The number of phenols is 1. The van der Waals surface area contributed by atoms with Crippen LogP contribution in [0.1, 0.15) is 35.4 Å². The Labute approximate surface area is 169 Å². The zero-order valence-corrected chi connectivity index (χ0v) is 16.8. The number of nitriles is 1. The third-order valence-electron chi connectivity index (χ3n) is 4.96. The van der Waals surface area contributed by atoms with Gasteiger partial charge in [-0.05, 0) is 74.0 Å². The summed E-state index contributed by atoms with van der Waals surface area (Å²) in [6, 6.07) is 16.4. The third-order valence-corrected chi connectivity index (χ3v) is 5.92. The Morgan fingerprint density at radius 2 is 1.96 bits per heavy atom. The fourth-order valence-electron chi connectivity index (χ4n) is 3.24. The number of hydrogen-bond acceptors (Lipinski definition) is 5. The van der Waals surface area contributed by atoms with Gasteiger partial charge in [0.25, 0.3) is 0 Å². The molecule has 1 aliphatic carbocycles. The molecule has 1 aliphatic rings. The lowest BCUT2D eigenvalue weighted by Crippen LogP contribution is -2.05. The van der Waals surface area contributed by atoms with Gasteiger partial charge >= 0.3 is 0 Å². The average molecular weight is 391 g/mol. The van der Waals surface area contributed by atoms with Gasteiger partial charge in [-0.1, -0.05) is 18.2 Å².